The van der Waals surface area contributed by atoms with Gasteiger partial charge in [0, 0.05) is 30.9 Å². The van der Waals surface area contributed by atoms with E-state index in [1.165, 1.54) is 0 Å². The average molecular weight is 299 g/mol. The lowest BCUT2D eigenvalue weighted by atomic mass is 10.1. The maximum absolute atomic E-state index is 11.8. The van der Waals surface area contributed by atoms with Gasteiger partial charge in [-0.3, -0.25) is 4.79 Å². The van der Waals surface area contributed by atoms with Gasteiger partial charge in [0.2, 0.25) is 0 Å². The van der Waals surface area contributed by atoms with Gasteiger partial charge >= 0.3 is 0 Å². The third-order valence-corrected chi connectivity index (χ3v) is 3.21. The number of amides is 1. The van der Waals surface area contributed by atoms with Crippen molar-refractivity contribution in [3.63, 3.8) is 0 Å². The number of rotatable bonds is 7. The summed E-state index contributed by atoms with van der Waals surface area (Å²) in [6.07, 6.45) is 0. The van der Waals surface area contributed by atoms with Crippen LogP contribution in [0.15, 0.2) is 48.5 Å². The second kappa shape index (κ2) is 8.05. The summed E-state index contributed by atoms with van der Waals surface area (Å²) >= 11 is 0. The van der Waals surface area contributed by atoms with Crippen LogP contribution in [-0.2, 0) is 6.54 Å². The third kappa shape index (κ3) is 4.49. The third-order valence-electron chi connectivity index (χ3n) is 3.21. The number of nitrogens with one attached hydrogen (secondary N) is 2. The SMILES string of the molecule is COc1cccc(CNc2ccc(C(=O)NCCN)cc2)c1. The van der Waals surface area contributed by atoms with Gasteiger partial charge in [0.1, 0.15) is 5.75 Å². The van der Waals surface area contributed by atoms with E-state index in [9.17, 15) is 4.79 Å². The van der Waals surface area contributed by atoms with Gasteiger partial charge in [-0.15, -0.1) is 0 Å². The van der Waals surface area contributed by atoms with Crippen molar-refractivity contribution in [3.8, 4) is 5.75 Å². The first-order valence-corrected chi connectivity index (χ1v) is 7.18. The van der Waals surface area contributed by atoms with E-state index in [0.717, 1.165) is 17.0 Å². The molecular formula is C17H21N3O2. The fraction of sp³-hybridized carbons (Fsp3) is 0.235. The van der Waals surface area contributed by atoms with Gasteiger partial charge in [-0.05, 0) is 42.0 Å². The Balaban J connectivity index is 1.92. The summed E-state index contributed by atoms with van der Waals surface area (Å²) in [5.41, 5.74) is 8.07. The van der Waals surface area contributed by atoms with E-state index < -0.39 is 0 Å². The van der Waals surface area contributed by atoms with Crippen LogP contribution in [0.25, 0.3) is 0 Å². The molecule has 0 radical (unpaired) electrons. The Kier molecular flexibility index (Phi) is 5.80. The highest BCUT2D eigenvalue weighted by molar-refractivity contribution is 5.94. The lowest BCUT2D eigenvalue weighted by molar-refractivity contribution is 0.0955. The molecule has 2 rings (SSSR count). The van der Waals surface area contributed by atoms with Crippen molar-refractivity contribution in [2.75, 3.05) is 25.5 Å². The molecule has 116 valence electrons. The number of anilines is 1. The Labute approximate surface area is 130 Å². The zero-order valence-electron chi connectivity index (χ0n) is 12.6. The van der Waals surface area contributed by atoms with Gasteiger partial charge < -0.3 is 21.1 Å². The Morgan fingerprint density at radius 1 is 1.18 bits per heavy atom. The largest absolute Gasteiger partial charge is 0.497 e. The van der Waals surface area contributed by atoms with Crippen LogP contribution >= 0.6 is 0 Å². The molecule has 0 aromatic heterocycles. The molecule has 0 aliphatic heterocycles. The number of carbonyl (C=O) groups is 1. The molecule has 0 saturated heterocycles. The minimum Gasteiger partial charge on any atom is -0.497 e. The maximum Gasteiger partial charge on any atom is 0.251 e. The van der Waals surface area contributed by atoms with Crippen LogP contribution in [0, 0.1) is 0 Å². The standard InChI is InChI=1S/C17H21N3O2/c1-22-16-4-2-3-13(11-16)12-20-15-7-5-14(6-8-15)17(21)19-10-9-18/h2-8,11,20H,9-10,12,18H2,1H3,(H,19,21). The first kappa shape index (κ1) is 15.9. The van der Waals surface area contributed by atoms with E-state index in [1.54, 1.807) is 19.2 Å². The van der Waals surface area contributed by atoms with Crippen LogP contribution in [-0.4, -0.2) is 26.1 Å². The van der Waals surface area contributed by atoms with Gasteiger partial charge in [0.05, 0.1) is 7.11 Å². The van der Waals surface area contributed by atoms with E-state index in [4.69, 9.17) is 10.5 Å². The fourth-order valence-corrected chi connectivity index (χ4v) is 2.01. The molecule has 5 heteroatoms. The number of benzene rings is 2. The van der Waals surface area contributed by atoms with Crippen LogP contribution in [0.4, 0.5) is 5.69 Å². The van der Waals surface area contributed by atoms with Gasteiger partial charge in [-0.2, -0.15) is 0 Å². The number of carbonyl (C=O) groups excluding carboxylic acids is 1. The summed E-state index contributed by atoms with van der Waals surface area (Å²) in [7, 11) is 1.65. The summed E-state index contributed by atoms with van der Waals surface area (Å²) in [5.74, 6) is 0.732. The highest BCUT2D eigenvalue weighted by atomic mass is 16.5. The van der Waals surface area contributed by atoms with Gasteiger partial charge in [0.15, 0.2) is 0 Å². The first-order chi connectivity index (χ1) is 10.7. The minimum atomic E-state index is -0.107. The second-order valence-corrected chi connectivity index (χ2v) is 4.83. The highest BCUT2D eigenvalue weighted by Gasteiger charge is 2.04. The maximum atomic E-state index is 11.8. The van der Waals surface area contributed by atoms with Crippen molar-refractivity contribution in [2.45, 2.75) is 6.54 Å². The monoisotopic (exact) mass is 299 g/mol. The molecule has 22 heavy (non-hydrogen) atoms. The van der Waals surface area contributed by atoms with Crippen LogP contribution in [0.3, 0.4) is 0 Å². The van der Waals surface area contributed by atoms with Gasteiger partial charge in [0.25, 0.3) is 5.91 Å². The number of ether oxygens (including phenoxy) is 1. The van der Waals surface area contributed by atoms with Crippen LogP contribution in [0.5, 0.6) is 5.75 Å². The Hall–Kier alpha value is -2.53. The molecular weight excluding hydrogens is 278 g/mol. The Bertz CT molecular complexity index is 612. The van der Waals surface area contributed by atoms with Gasteiger partial charge in [-0.1, -0.05) is 12.1 Å². The van der Waals surface area contributed by atoms with Crippen molar-refractivity contribution in [1.82, 2.24) is 5.32 Å². The molecule has 2 aromatic rings. The molecule has 0 aliphatic carbocycles. The van der Waals surface area contributed by atoms with Crippen molar-refractivity contribution in [1.29, 1.82) is 0 Å². The topological polar surface area (TPSA) is 76.4 Å². The van der Waals surface area contributed by atoms with Crippen LogP contribution in [0.1, 0.15) is 15.9 Å². The zero-order chi connectivity index (χ0) is 15.8. The normalized spacial score (nSPS) is 10.1. The molecule has 2 aromatic carbocycles. The number of hydrogen-bond acceptors (Lipinski definition) is 4. The second-order valence-electron chi connectivity index (χ2n) is 4.83. The molecule has 0 fully saturated rings. The number of hydrogen-bond donors (Lipinski definition) is 3. The smallest absolute Gasteiger partial charge is 0.251 e. The summed E-state index contributed by atoms with van der Waals surface area (Å²) < 4.78 is 5.20. The Morgan fingerprint density at radius 3 is 2.64 bits per heavy atom. The molecule has 0 bridgehead atoms. The van der Waals surface area contributed by atoms with E-state index in [1.807, 2.05) is 36.4 Å². The number of nitrogens with two attached hydrogens (primary N) is 1. The fourth-order valence-electron chi connectivity index (χ4n) is 2.01. The summed E-state index contributed by atoms with van der Waals surface area (Å²) in [6.45, 7) is 1.61. The van der Waals surface area contributed by atoms with Crippen molar-refractivity contribution in [3.05, 3.63) is 59.7 Å². The van der Waals surface area contributed by atoms with Crippen LogP contribution in [0.2, 0.25) is 0 Å². The predicted octanol–water partition coefficient (Wildman–Crippen LogP) is 2.00. The van der Waals surface area contributed by atoms with E-state index in [0.29, 0.717) is 25.2 Å². The lowest BCUT2D eigenvalue weighted by Crippen LogP contribution is -2.28. The Morgan fingerprint density at radius 2 is 1.95 bits per heavy atom. The first-order valence-electron chi connectivity index (χ1n) is 7.18. The molecule has 1 amide bonds. The molecule has 0 saturated carbocycles. The molecule has 0 heterocycles. The molecule has 0 unspecified atom stereocenters. The zero-order valence-corrected chi connectivity index (χ0v) is 12.6. The highest BCUT2D eigenvalue weighted by Crippen LogP contribution is 2.15. The average Bonchev–Trinajstić information content (AvgIpc) is 2.58. The molecule has 4 N–H and O–H groups in total. The van der Waals surface area contributed by atoms with Crippen molar-refractivity contribution < 1.29 is 9.53 Å². The molecule has 0 atom stereocenters. The molecule has 5 nitrogen and oxygen atoms in total. The van der Waals surface area contributed by atoms with Crippen LogP contribution < -0.4 is 21.1 Å². The van der Waals surface area contributed by atoms with Gasteiger partial charge in [-0.25, -0.2) is 0 Å². The minimum absolute atomic E-state index is 0.107. The van der Waals surface area contributed by atoms with E-state index in [2.05, 4.69) is 10.6 Å². The van der Waals surface area contributed by atoms with Crippen molar-refractivity contribution in [2.24, 2.45) is 5.73 Å². The van der Waals surface area contributed by atoms with Crippen molar-refractivity contribution >= 4 is 11.6 Å². The van der Waals surface area contributed by atoms with E-state index in [-0.39, 0.29) is 5.91 Å². The quantitative estimate of drug-likeness (QED) is 0.731. The number of methoxy groups -OCH3 is 1. The van der Waals surface area contributed by atoms with E-state index >= 15 is 0 Å². The lowest BCUT2D eigenvalue weighted by Gasteiger charge is -2.09. The summed E-state index contributed by atoms with van der Waals surface area (Å²) in [5, 5.41) is 6.05. The molecule has 0 spiro atoms. The molecule has 0 aliphatic rings. The predicted molar refractivity (Wildman–Crippen MR) is 88.2 cm³/mol. The summed E-state index contributed by atoms with van der Waals surface area (Å²) in [4.78, 5) is 11.8. The summed E-state index contributed by atoms with van der Waals surface area (Å²) in [6, 6.07) is 15.2.